The molecule has 3 atom stereocenters. The minimum absolute atomic E-state index is 0.00214. The number of para-hydroxylation sites is 1. The summed E-state index contributed by atoms with van der Waals surface area (Å²) in [7, 11) is 0. The molecule has 0 spiro atoms. The summed E-state index contributed by atoms with van der Waals surface area (Å²) in [5.74, 6) is 1.09. The average molecular weight is 304 g/mol. The number of rotatable bonds is 6. The van der Waals surface area contributed by atoms with Gasteiger partial charge in [-0.25, -0.2) is 0 Å². The van der Waals surface area contributed by atoms with Gasteiger partial charge in [-0.05, 0) is 44.2 Å². The summed E-state index contributed by atoms with van der Waals surface area (Å²) < 4.78 is 6.01. The van der Waals surface area contributed by atoms with Gasteiger partial charge in [-0.1, -0.05) is 31.5 Å². The molecule has 122 valence electrons. The molecule has 1 amide bonds. The number of hydrogen-bond donors (Lipinski definition) is 2. The van der Waals surface area contributed by atoms with Crippen molar-refractivity contribution in [2.75, 3.05) is 6.54 Å². The van der Waals surface area contributed by atoms with Crippen LogP contribution in [0.25, 0.3) is 0 Å². The second-order valence-electron chi connectivity index (χ2n) is 6.28. The molecule has 1 aromatic rings. The third-order valence-corrected chi connectivity index (χ3v) is 4.43. The average Bonchev–Trinajstić information content (AvgIpc) is 2.52. The molecule has 3 N–H and O–H groups in total. The lowest BCUT2D eigenvalue weighted by molar-refractivity contribution is -0.126. The molecule has 1 saturated carbocycles. The third-order valence-electron chi connectivity index (χ3n) is 4.43. The van der Waals surface area contributed by atoms with Crippen LogP contribution in [-0.4, -0.2) is 24.6 Å². The van der Waals surface area contributed by atoms with Crippen LogP contribution in [0.4, 0.5) is 0 Å². The molecule has 2 rings (SSSR count). The molecule has 1 aromatic carbocycles. The van der Waals surface area contributed by atoms with Crippen LogP contribution in [0.2, 0.25) is 0 Å². The number of nitrogens with two attached hydrogens (primary N) is 1. The molecular weight excluding hydrogens is 276 g/mol. The number of benzene rings is 1. The first-order valence-electron chi connectivity index (χ1n) is 8.35. The van der Waals surface area contributed by atoms with E-state index in [0.717, 1.165) is 43.4 Å². The molecule has 4 heteroatoms. The molecule has 0 aromatic heterocycles. The van der Waals surface area contributed by atoms with E-state index in [9.17, 15) is 4.79 Å². The lowest BCUT2D eigenvalue weighted by Gasteiger charge is -2.26. The topological polar surface area (TPSA) is 64.4 Å². The summed E-state index contributed by atoms with van der Waals surface area (Å²) in [4.78, 5) is 12.3. The molecule has 3 unspecified atom stereocenters. The fourth-order valence-corrected chi connectivity index (χ4v) is 2.96. The number of amides is 1. The Kier molecular flexibility index (Phi) is 6.25. The van der Waals surface area contributed by atoms with Crippen molar-refractivity contribution < 1.29 is 9.53 Å². The lowest BCUT2D eigenvalue weighted by atomic mass is 9.85. The van der Waals surface area contributed by atoms with Crippen molar-refractivity contribution in [3.05, 3.63) is 29.8 Å². The first kappa shape index (κ1) is 16.8. The highest BCUT2D eigenvalue weighted by Gasteiger charge is 2.25. The number of ether oxygens (including phenoxy) is 1. The second-order valence-corrected chi connectivity index (χ2v) is 6.28. The van der Waals surface area contributed by atoms with Gasteiger partial charge in [0, 0.05) is 12.0 Å². The zero-order valence-corrected chi connectivity index (χ0v) is 13.7. The van der Waals surface area contributed by atoms with Gasteiger partial charge in [-0.2, -0.15) is 0 Å². The molecule has 1 aliphatic carbocycles. The number of carbonyl (C=O) groups is 1. The molecular formula is C18H28N2O2. The van der Waals surface area contributed by atoms with Gasteiger partial charge in [-0.15, -0.1) is 0 Å². The highest BCUT2D eigenvalue weighted by Crippen LogP contribution is 2.23. The largest absolute Gasteiger partial charge is 0.488 e. The molecule has 4 nitrogen and oxygen atoms in total. The van der Waals surface area contributed by atoms with Crippen LogP contribution in [0.3, 0.4) is 0 Å². The van der Waals surface area contributed by atoms with E-state index in [1.54, 1.807) is 0 Å². The fraction of sp³-hybridized carbons (Fsp3) is 0.611. The Morgan fingerprint density at radius 3 is 2.86 bits per heavy atom. The summed E-state index contributed by atoms with van der Waals surface area (Å²) in [5.41, 5.74) is 7.08. The zero-order valence-electron chi connectivity index (χ0n) is 13.7. The first-order chi connectivity index (χ1) is 10.6. The van der Waals surface area contributed by atoms with Crippen molar-refractivity contribution in [1.29, 1.82) is 0 Å². The summed E-state index contributed by atoms with van der Waals surface area (Å²) >= 11 is 0. The van der Waals surface area contributed by atoms with E-state index in [2.05, 4.69) is 12.2 Å². The standard InChI is InChI=1S/C18H28N2O2/c1-3-16(22-17-10-5-4-7-13(17)2)12-20-18(21)14-8-6-9-15(19)11-14/h4-5,7,10,14-16H,3,6,8-9,11-12,19H2,1-2H3,(H,20,21). The molecule has 0 bridgehead atoms. The van der Waals surface area contributed by atoms with Crippen molar-refractivity contribution in [2.24, 2.45) is 11.7 Å². The quantitative estimate of drug-likeness (QED) is 0.849. The minimum atomic E-state index is 0.00214. The Hall–Kier alpha value is -1.55. The van der Waals surface area contributed by atoms with Gasteiger partial charge in [0.2, 0.25) is 5.91 Å². The van der Waals surface area contributed by atoms with Crippen LogP contribution < -0.4 is 15.8 Å². The second kappa shape index (κ2) is 8.18. The maximum absolute atomic E-state index is 12.3. The number of aryl methyl sites for hydroxylation is 1. The van der Waals surface area contributed by atoms with Gasteiger partial charge in [0.05, 0.1) is 6.54 Å². The van der Waals surface area contributed by atoms with Gasteiger partial charge in [0.1, 0.15) is 11.9 Å². The molecule has 1 fully saturated rings. The van der Waals surface area contributed by atoms with Gasteiger partial charge in [-0.3, -0.25) is 4.79 Å². The maximum atomic E-state index is 12.3. The van der Waals surface area contributed by atoms with Crippen molar-refractivity contribution in [3.8, 4) is 5.75 Å². The SMILES string of the molecule is CCC(CNC(=O)C1CCCC(N)C1)Oc1ccccc1C. The van der Waals surface area contributed by atoms with Gasteiger partial charge in [0.25, 0.3) is 0 Å². The Morgan fingerprint density at radius 2 is 2.18 bits per heavy atom. The zero-order chi connectivity index (χ0) is 15.9. The molecule has 0 heterocycles. The van der Waals surface area contributed by atoms with E-state index in [0.29, 0.717) is 6.54 Å². The Bertz CT molecular complexity index is 490. The molecule has 0 aliphatic heterocycles. The first-order valence-corrected chi connectivity index (χ1v) is 8.35. The summed E-state index contributed by atoms with van der Waals surface area (Å²) in [5, 5.41) is 3.04. The summed E-state index contributed by atoms with van der Waals surface area (Å²) in [6, 6.07) is 8.15. The smallest absolute Gasteiger partial charge is 0.223 e. The van der Waals surface area contributed by atoms with Crippen LogP contribution in [0, 0.1) is 12.8 Å². The van der Waals surface area contributed by atoms with Crippen molar-refractivity contribution >= 4 is 5.91 Å². The van der Waals surface area contributed by atoms with Crippen LogP contribution in [0.1, 0.15) is 44.6 Å². The van der Waals surface area contributed by atoms with Gasteiger partial charge in [0.15, 0.2) is 0 Å². The molecule has 22 heavy (non-hydrogen) atoms. The number of hydrogen-bond acceptors (Lipinski definition) is 3. The van der Waals surface area contributed by atoms with Crippen LogP contribution in [0.15, 0.2) is 24.3 Å². The predicted octanol–water partition coefficient (Wildman–Crippen LogP) is 2.79. The maximum Gasteiger partial charge on any atom is 0.223 e. The summed E-state index contributed by atoms with van der Waals surface area (Å²) in [6.07, 6.45) is 4.71. The Labute approximate surface area is 133 Å². The number of carbonyl (C=O) groups excluding carboxylic acids is 1. The highest BCUT2D eigenvalue weighted by molar-refractivity contribution is 5.78. The van der Waals surface area contributed by atoms with Crippen molar-refractivity contribution in [2.45, 2.75) is 58.1 Å². The number of nitrogens with one attached hydrogen (secondary N) is 1. The monoisotopic (exact) mass is 304 g/mol. The van der Waals surface area contributed by atoms with E-state index in [4.69, 9.17) is 10.5 Å². The van der Waals surface area contributed by atoms with E-state index < -0.39 is 0 Å². The third kappa shape index (κ3) is 4.73. The van der Waals surface area contributed by atoms with Crippen molar-refractivity contribution in [1.82, 2.24) is 5.32 Å². The Morgan fingerprint density at radius 1 is 1.41 bits per heavy atom. The van der Waals surface area contributed by atoms with Gasteiger partial charge < -0.3 is 15.8 Å². The van der Waals surface area contributed by atoms with E-state index in [1.165, 1.54) is 0 Å². The lowest BCUT2D eigenvalue weighted by Crippen LogP contribution is -2.41. The van der Waals surface area contributed by atoms with Crippen LogP contribution in [0.5, 0.6) is 5.75 Å². The minimum Gasteiger partial charge on any atom is -0.488 e. The molecule has 0 radical (unpaired) electrons. The highest BCUT2D eigenvalue weighted by atomic mass is 16.5. The molecule has 1 aliphatic rings. The van der Waals surface area contributed by atoms with Crippen LogP contribution in [-0.2, 0) is 4.79 Å². The fourth-order valence-electron chi connectivity index (χ4n) is 2.96. The normalized spacial score (nSPS) is 22.9. The van der Waals surface area contributed by atoms with E-state index >= 15 is 0 Å². The van der Waals surface area contributed by atoms with E-state index in [-0.39, 0.29) is 24.0 Å². The predicted molar refractivity (Wildman–Crippen MR) is 88.8 cm³/mol. The molecule has 0 saturated heterocycles. The van der Waals surface area contributed by atoms with Gasteiger partial charge >= 0.3 is 0 Å². The van der Waals surface area contributed by atoms with Crippen molar-refractivity contribution in [3.63, 3.8) is 0 Å². The Balaban J connectivity index is 1.83. The van der Waals surface area contributed by atoms with Crippen LogP contribution >= 0.6 is 0 Å². The van der Waals surface area contributed by atoms with E-state index in [1.807, 2.05) is 31.2 Å². The summed E-state index contributed by atoms with van der Waals surface area (Å²) in [6.45, 7) is 4.66.